The summed E-state index contributed by atoms with van der Waals surface area (Å²) in [6.45, 7) is 5.82. The van der Waals surface area contributed by atoms with Crippen molar-refractivity contribution in [3.05, 3.63) is 21.9 Å². The first-order valence-corrected chi connectivity index (χ1v) is 4.44. The number of nitrogens with zero attached hydrogens (tertiary/aromatic N) is 1. The highest BCUT2D eigenvalue weighted by atomic mass is 35.5. The molecule has 0 bridgehead atoms. The Balaban J connectivity index is 0.000000561. The molecule has 2 N–H and O–H groups in total. The van der Waals surface area contributed by atoms with Crippen molar-refractivity contribution in [2.75, 3.05) is 5.73 Å². The minimum Gasteiger partial charge on any atom is -0.397 e. The number of anilines is 1. The second-order valence-electron chi connectivity index (χ2n) is 1.96. The topological polar surface area (TPSA) is 38.9 Å². The number of aromatic nitrogens is 1. The first-order valence-electron chi connectivity index (χ1n) is 3.69. The molecule has 12 heavy (non-hydrogen) atoms. The molecular formula is C8H12Cl2N2. The highest BCUT2D eigenvalue weighted by Crippen LogP contribution is 2.27. The molecule has 0 aliphatic rings. The molecule has 1 aromatic rings. The fraction of sp³-hybridized carbons (Fsp3) is 0.375. The third kappa shape index (κ3) is 2.54. The second kappa shape index (κ2) is 5.22. The molecule has 1 aromatic heterocycles. The number of nitrogen functional groups attached to an aromatic ring is 1. The van der Waals surface area contributed by atoms with Gasteiger partial charge in [0.1, 0.15) is 10.2 Å². The van der Waals surface area contributed by atoms with Gasteiger partial charge in [0.05, 0.1) is 5.69 Å². The standard InChI is InChI=1S/C6H6Cl2N2.C2H6/c1-3-2-10-6(8)4(7)5(3)9;1-2/h2H,1H3,(H2,9,10);1-2H3. The molecule has 2 nitrogen and oxygen atoms in total. The van der Waals surface area contributed by atoms with Crippen LogP contribution in [0.25, 0.3) is 0 Å². The van der Waals surface area contributed by atoms with Crippen LogP contribution in [0.5, 0.6) is 0 Å². The number of halogens is 2. The van der Waals surface area contributed by atoms with Crippen LogP contribution in [-0.2, 0) is 0 Å². The highest BCUT2D eigenvalue weighted by Gasteiger charge is 2.04. The second-order valence-corrected chi connectivity index (χ2v) is 2.70. The van der Waals surface area contributed by atoms with Crippen molar-refractivity contribution in [2.24, 2.45) is 0 Å². The van der Waals surface area contributed by atoms with Gasteiger partial charge in [-0.25, -0.2) is 4.98 Å². The van der Waals surface area contributed by atoms with Gasteiger partial charge in [-0.05, 0) is 12.5 Å². The molecule has 0 radical (unpaired) electrons. The fourth-order valence-electron chi connectivity index (χ4n) is 0.564. The lowest BCUT2D eigenvalue weighted by Crippen LogP contribution is -1.92. The molecule has 0 spiro atoms. The van der Waals surface area contributed by atoms with Crippen molar-refractivity contribution in [3.8, 4) is 0 Å². The Morgan fingerprint density at radius 3 is 2.25 bits per heavy atom. The van der Waals surface area contributed by atoms with E-state index >= 15 is 0 Å². The Hall–Kier alpha value is -0.470. The van der Waals surface area contributed by atoms with E-state index in [2.05, 4.69) is 4.98 Å². The van der Waals surface area contributed by atoms with Gasteiger partial charge in [-0.3, -0.25) is 0 Å². The van der Waals surface area contributed by atoms with Crippen molar-refractivity contribution in [3.63, 3.8) is 0 Å². The predicted octanol–water partition coefficient (Wildman–Crippen LogP) is 3.31. The summed E-state index contributed by atoms with van der Waals surface area (Å²) in [5.74, 6) is 0. The smallest absolute Gasteiger partial charge is 0.149 e. The molecule has 0 saturated carbocycles. The highest BCUT2D eigenvalue weighted by molar-refractivity contribution is 6.42. The van der Waals surface area contributed by atoms with Crippen LogP contribution >= 0.6 is 23.2 Å². The van der Waals surface area contributed by atoms with Crippen LogP contribution in [0.1, 0.15) is 19.4 Å². The van der Waals surface area contributed by atoms with Crippen LogP contribution in [0, 0.1) is 6.92 Å². The maximum Gasteiger partial charge on any atom is 0.149 e. The van der Waals surface area contributed by atoms with Gasteiger partial charge < -0.3 is 5.73 Å². The van der Waals surface area contributed by atoms with Crippen LogP contribution in [0.2, 0.25) is 10.2 Å². The van der Waals surface area contributed by atoms with Crippen molar-refractivity contribution in [1.29, 1.82) is 0 Å². The van der Waals surface area contributed by atoms with Gasteiger partial charge in [0, 0.05) is 6.20 Å². The number of nitrogens with two attached hydrogens (primary N) is 1. The molecule has 4 heteroatoms. The van der Waals surface area contributed by atoms with E-state index in [0.29, 0.717) is 10.7 Å². The van der Waals surface area contributed by atoms with Crippen LogP contribution in [0.3, 0.4) is 0 Å². The van der Waals surface area contributed by atoms with E-state index in [0.717, 1.165) is 5.56 Å². The zero-order chi connectivity index (χ0) is 9.72. The van der Waals surface area contributed by atoms with Gasteiger partial charge in [-0.1, -0.05) is 37.0 Å². The van der Waals surface area contributed by atoms with Gasteiger partial charge in [0.25, 0.3) is 0 Å². The number of rotatable bonds is 0. The molecule has 0 saturated heterocycles. The summed E-state index contributed by atoms with van der Waals surface area (Å²) in [6, 6.07) is 0. The van der Waals surface area contributed by atoms with E-state index in [1.807, 2.05) is 20.8 Å². The minimum atomic E-state index is 0.254. The summed E-state index contributed by atoms with van der Waals surface area (Å²) >= 11 is 11.2. The van der Waals surface area contributed by atoms with Crippen LogP contribution in [0.4, 0.5) is 5.69 Å². The maximum absolute atomic E-state index is 5.66. The van der Waals surface area contributed by atoms with Gasteiger partial charge >= 0.3 is 0 Å². The number of aryl methyl sites for hydroxylation is 1. The fourth-order valence-corrected chi connectivity index (χ4v) is 0.912. The van der Waals surface area contributed by atoms with E-state index < -0.39 is 0 Å². The average molecular weight is 207 g/mol. The van der Waals surface area contributed by atoms with E-state index in [-0.39, 0.29) is 5.15 Å². The molecule has 1 rings (SSSR count). The molecule has 1 heterocycles. The third-order valence-corrected chi connectivity index (χ3v) is 1.98. The number of hydrogen-bond donors (Lipinski definition) is 1. The lowest BCUT2D eigenvalue weighted by Gasteiger charge is -2.01. The Bertz CT molecular complexity index is 234. The summed E-state index contributed by atoms with van der Waals surface area (Å²) in [7, 11) is 0. The normalized spacial score (nSPS) is 8.75. The van der Waals surface area contributed by atoms with Crippen LogP contribution in [0.15, 0.2) is 6.20 Å². The molecule has 0 amide bonds. The summed E-state index contributed by atoms with van der Waals surface area (Å²) in [5.41, 5.74) is 6.87. The zero-order valence-electron chi connectivity index (χ0n) is 7.36. The average Bonchev–Trinajstić information content (AvgIpc) is 2.12. The van der Waals surface area contributed by atoms with Gasteiger partial charge in [0.2, 0.25) is 0 Å². The molecule has 0 atom stereocenters. The van der Waals surface area contributed by atoms with Crippen molar-refractivity contribution in [2.45, 2.75) is 20.8 Å². The molecule has 0 unspecified atom stereocenters. The summed E-state index contributed by atoms with van der Waals surface area (Å²) < 4.78 is 0. The quantitative estimate of drug-likeness (QED) is 0.663. The Morgan fingerprint density at radius 1 is 1.33 bits per heavy atom. The lowest BCUT2D eigenvalue weighted by atomic mass is 10.3. The third-order valence-electron chi connectivity index (χ3n) is 1.21. The first kappa shape index (κ1) is 11.5. The maximum atomic E-state index is 5.66. The van der Waals surface area contributed by atoms with Crippen molar-refractivity contribution >= 4 is 28.9 Å². The minimum absolute atomic E-state index is 0.254. The van der Waals surface area contributed by atoms with Crippen molar-refractivity contribution in [1.82, 2.24) is 4.98 Å². The predicted molar refractivity (Wildman–Crippen MR) is 54.8 cm³/mol. The van der Waals surface area contributed by atoms with Crippen molar-refractivity contribution < 1.29 is 0 Å². The molecule has 0 aliphatic carbocycles. The molecule has 68 valence electrons. The van der Waals surface area contributed by atoms with Crippen LogP contribution in [-0.4, -0.2) is 4.98 Å². The molecule has 0 fully saturated rings. The summed E-state index contributed by atoms with van der Waals surface area (Å²) in [6.07, 6.45) is 1.59. The number of pyridine rings is 1. The lowest BCUT2D eigenvalue weighted by molar-refractivity contribution is 1.27. The Morgan fingerprint density at radius 2 is 1.83 bits per heavy atom. The molecular weight excluding hydrogens is 195 g/mol. The van der Waals surface area contributed by atoms with Crippen LogP contribution < -0.4 is 5.73 Å². The zero-order valence-corrected chi connectivity index (χ0v) is 8.87. The SMILES string of the molecule is CC.Cc1cnc(Cl)c(Cl)c1N. The molecule has 0 aromatic carbocycles. The summed E-state index contributed by atoms with van der Waals surface area (Å²) in [5, 5.41) is 0.589. The van der Waals surface area contributed by atoms with Gasteiger partial charge in [-0.15, -0.1) is 0 Å². The van der Waals surface area contributed by atoms with E-state index in [1.165, 1.54) is 0 Å². The first-order chi connectivity index (χ1) is 5.63. The Labute approximate surface area is 82.7 Å². The van der Waals surface area contributed by atoms with E-state index in [9.17, 15) is 0 Å². The van der Waals surface area contributed by atoms with E-state index in [1.54, 1.807) is 6.20 Å². The summed E-state index contributed by atoms with van der Waals surface area (Å²) in [4.78, 5) is 3.79. The number of hydrogen-bond acceptors (Lipinski definition) is 2. The van der Waals surface area contributed by atoms with Gasteiger partial charge in [0.15, 0.2) is 0 Å². The monoisotopic (exact) mass is 206 g/mol. The molecule has 0 aliphatic heterocycles. The van der Waals surface area contributed by atoms with E-state index in [4.69, 9.17) is 28.9 Å². The largest absolute Gasteiger partial charge is 0.397 e. The van der Waals surface area contributed by atoms with Gasteiger partial charge in [-0.2, -0.15) is 0 Å². The Kier molecular flexibility index (Phi) is 5.02.